The Hall–Kier alpha value is -2.14. The molecule has 1 heterocycles. The molecule has 1 aromatic heterocycles. The number of aryl methyl sites for hydroxylation is 1. The lowest BCUT2D eigenvalue weighted by Crippen LogP contribution is -1.98. The van der Waals surface area contributed by atoms with Crippen LogP contribution in [0.5, 0.6) is 0 Å². The molecule has 0 amide bonds. The topological polar surface area (TPSA) is 59.4 Å². The molecule has 0 spiro atoms. The van der Waals surface area contributed by atoms with Crippen molar-refractivity contribution in [2.75, 3.05) is 7.11 Å². The summed E-state index contributed by atoms with van der Waals surface area (Å²) in [6.45, 7) is 3.10. The summed E-state index contributed by atoms with van der Waals surface area (Å²) < 4.78 is 5.07. The predicted molar refractivity (Wildman–Crippen MR) is 86.1 cm³/mol. The molecule has 1 N–H and O–H groups in total. The molecule has 2 rings (SSSR count). The molecule has 1 aliphatic carbocycles. The molecule has 0 aromatic carbocycles. The molecule has 112 valence electrons. The van der Waals surface area contributed by atoms with Crippen LogP contribution in [-0.4, -0.2) is 23.2 Å². The quantitative estimate of drug-likeness (QED) is 0.862. The second-order valence-electron chi connectivity index (χ2n) is 4.29. The van der Waals surface area contributed by atoms with Crippen molar-refractivity contribution < 1.29 is 14.6 Å². The fourth-order valence-corrected chi connectivity index (χ4v) is 2.24. The van der Waals surface area contributed by atoms with Crippen molar-refractivity contribution in [3.63, 3.8) is 0 Å². The smallest absolute Gasteiger partial charge is 0.300 e. The highest BCUT2D eigenvalue weighted by Gasteiger charge is 2.08. The summed E-state index contributed by atoms with van der Waals surface area (Å²) in [5.74, 6) is -0.568. The molecule has 5 heteroatoms. The minimum absolute atomic E-state index is 0.266. The number of thiazole rings is 1. The van der Waals surface area contributed by atoms with E-state index in [1.54, 1.807) is 24.7 Å². The Morgan fingerprint density at radius 1 is 1.48 bits per heavy atom. The van der Waals surface area contributed by atoms with E-state index in [1.165, 1.54) is 0 Å². The third-order valence-electron chi connectivity index (χ3n) is 2.47. The number of rotatable bonds is 3. The van der Waals surface area contributed by atoms with Gasteiger partial charge in [-0.15, -0.1) is 11.3 Å². The van der Waals surface area contributed by atoms with E-state index in [4.69, 9.17) is 14.6 Å². The molecule has 0 saturated carbocycles. The number of methoxy groups -OCH3 is 1. The zero-order valence-electron chi connectivity index (χ0n) is 12.3. The van der Waals surface area contributed by atoms with E-state index in [0.717, 1.165) is 23.2 Å². The first kappa shape index (κ1) is 16.9. The van der Waals surface area contributed by atoms with Crippen LogP contribution in [-0.2, 0) is 9.53 Å². The molecule has 1 atom stereocenters. The summed E-state index contributed by atoms with van der Waals surface area (Å²) in [5.41, 5.74) is 2.17. The second-order valence-corrected chi connectivity index (χ2v) is 5.36. The lowest BCUT2D eigenvalue weighted by Gasteiger charge is -2.11. The van der Waals surface area contributed by atoms with Gasteiger partial charge >= 0.3 is 0 Å². The Kier molecular flexibility index (Phi) is 7.18. The van der Waals surface area contributed by atoms with E-state index in [2.05, 4.69) is 34.7 Å². The zero-order valence-corrected chi connectivity index (χ0v) is 13.1. The Bertz CT molecular complexity index is 578. The molecular formula is C16H19NO3S. The van der Waals surface area contributed by atoms with Gasteiger partial charge < -0.3 is 9.84 Å². The average molecular weight is 305 g/mol. The number of ether oxygens (including phenoxy) is 1. The van der Waals surface area contributed by atoms with Crippen LogP contribution >= 0.6 is 11.3 Å². The molecule has 0 saturated heterocycles. The zero-order chi connectivity index (χ0) is 15.7. The minimum atomic E-state index is -0.833. The highest BCUT2D eigenvalue weighted by Crippen LogP contribution is 2.21. The van der Waals surface area contributed by atoms with Crippen LogP contribution in [0.4, 0.5) is 0 Å². The van der Waals surface area contributed by atoms with Crippen molar-refractivity contribution in [3.8, 4) is 0 Å². The number of carboxylic acids is 1. The van der Waals surface area contributed by atoms with Crippen LogP contribution in [0.15, 0.2) is 47.6 Å². The van der Waals surface area contributed by atoms with Crippen LogP contribution in [0.2, 0.25) is 0 Å². The Morgan fingerprint density at radius 2 is 2.19 bits per heavy atom. The lowest BCUT2D eigenvalue weighted by molar-refractivity contribution is -0.134. The van der Waals surface area contributed by atoms with Gasteiger partial charge in [-0.3, -0.25) is 4.79 Å². The Balaban J connectivity index is 0.000000491. The predicted octanol–water partition coefficient (Wildman–Crippen LogP) is 3.83. The maximum absolute atomic E-state index is 9.00. The molecular weight excluding hydrogens is 286 g/mol. The van der Waals surface area contributed by atoms with Gasteiger partial charge in [-0.1, -0.05) is 30.4 Å². The first-order chi connectivity index (χ1) is 10.0. The van der Waals surface area contributed by atoms with Crippen LogP contribution in [0.25, 0.3) is 6.08 Å². The van der Waals surface area contributed by atoms with Crippen molar-refractivity contribution in [1.82, 2.24) is 4.98 Å². The van der Waals surface area contributed by atoms with Crippen LogP contribution in [0, 0.1) is 12.8 Å². The fraction of sp³-hybridized carbons (Fsp3) is 0.250. The van der Waals surface area contributed by atoms with Gasteiger partial charge in [0.25, 0.3) is 5.97 Å². The minimum Gasteiger partial charge on any atom is -0.504 e. The van der Waals surface area contributed by atoms with E-state index in [1.807, 2.05) is 19.1 Å². The van der Waals surface area contributed by atoms with Gasteiger partial charge in [0, 0.05) is 18.2 Å². The van der Waals surface area contributed by atoms with Gasteiger partial charge in [-0.25, -0.2) is 4.98 Å². The lowest BCUT2D eigenvalue weighted by atomic mass is 9.95. The molecule has 1 unspecified atom stereocenters. The SMILES string of the molecule is CC(=O)O.COC=C1C=CC=CC1C=Cc1csc(C)n1. The molecule has 0 bridgehead atoms. The molecule has 4 nitrogen and oxygen atoms in total. The summed E-state index contributed by atoms with van der Waals surface area (Å²) in [5, 5.41) is 10.6. The monoisotopic (exact) mass is 305 g/mol. The maximum Gasteiger partial charge on any atom is 0.300 e. The van der Waals surface area contributed by atoms with Crippen LogP contribution in [0.1, 0.15) is 17.6 Å². The number of allylic oxidation sites excluding steroid dienone is 6. The van der Waals surface area contributed by atoms with E-state index in [0.29, 0.717) is 0 Å². The van der Waals surface area contributed by atoms with E-state index < -0.39 is 5.97 Å². The number of hydrogen-bond acceptors (Lipinski definition) is 4. The molecule has 0 aliphatic heterocycles. The Morgan fingerprint density at radius 3 is 2.76 bits per heavy atom. The van der Waals surface area contributed by atoms with E-state index in [9.17, 15) is 0 Å². The van der Waals surface area contributed by atoms with Gasteiger partial charge in [-0.2, -0.15) is 0 Å². The number of nitrogens with zero attached hydrogens (tertiary/aromatic N) is 1. The van der Waals surface area contributed by atoms with Gasteiger partial charge in [-0.05, 0) is 18.6 Å². The first-order valence-corrected chi connectivity index (χ1v) is 7.28. The van der Waals surface area contributed by atoms with Crippen molar-refractivity contribution in [3.05, 3.63) is 58.3 Å². The third-order valence-corrected chi connectivity index (χ3v) is 3.26. The molecule has 1 aliphatic rings. The Labute approximate surface area is 128 Å². The normalized spacial score (nSPS) is 18.6. The molecule has 21 heavy (non-hydrogen) atoms. The van der Waals surface area contributed by atoms with Crippen LogP contribution < -0.4 is 0 Å². The summed E-state index contributed by atoms with van der Waals surface area (Å²) >= 11 is 1.67. The second kappa shape index (κ2) is 8.92. The average Bonchev–Trinajstić information content (AvgIpc) is 2.83. The molecule has 0 fully saturated rings. The van der Waals surface area contributed by atoms with Gasteiger partial charge in [0.2, 0.25) is 0 Å². The van der Waals surface area contributed by atoms with Crippen molar-refractivity contribution in [1.29, 1.82) is 0 Å². The molecule has 0 radical (unpaired) electrons. The standard InChI is InChI=1S/C14H15NOS.C2H4O2/c1-11-15-14(10-17-11)8-7-12-5-3-4-6-13(12)9-16-2;1-2(3)4/h3-10,12H,1-2H3;1H3,(H,3,4). The number of carboxylic acid groups (broad SMARTS) is 1. The maximum atomic E-state index is 9.00. The van der Waals surface area contributed by atoms with Gasteiger partial charge in [0.05, 0.1) is 24.1 Å². The molecule has 1 aromatic rings. The summed E-state index contributed by atoms with van der Waals surface area (Å²) in [4.78, 5) is 13.4. The number of carbonyl (C=O) groups is 1. The summed E-state index contributed by atoms with van der Waals surface area (Å²) in [6, 6.07) is 0. The van der Waals surface area contributed by atoms with Crippen LogP contribution in [0.3, 0.4) is 0 Å². The number of hydrogen-bond donors (Lipinski definition) is 1. The first-order valence-electron chi connectivity index (χ1n) is 6.40. The highest BCUT2D eigenvalue weighted by atomic mass is 32.1. The van der Waals surface area contributed by atoms with E-state index in [-0.39, 0.29) is 5.92 Å². The van der Waals surface area contributed by atoms with Crippen molar-refractivity contribution in [2.45, 2.75) is 13.8 Å². The summed E-state index contributed by atoms with van der Waals surface area (Å²) in [7, 11) is 1.67. The summed E-state index contributed by atoms with van der Waals surface area (Å²) in [6.07, 6.45) is 14.2. The number of aromatic nitrogens is 1. The largest absolute Gasteiger partial charge is 0.504 e. The van der Waals surface area contributed by atoms with Gasteiger partial charge in [0.1, 0.15) is 0 Å². The van der Waals surface area contributed by atoms with Gasteiger partial charge in [0.15, 0.2) is 0 Å². The fourth-order valence-electron chi connectivity index (χ4n) is 1.66. The van der Waals surface area contributed by atoms with Crippen molar-refractivity contribution >= 4 is 23.4 Å². The number of aliphatic carboxylic acids is 1. The van der Waals surface area contributed by atoms with E-state index >= 15 is 0 Å². The highest BCUT2D eigenvalue weighted by molar-refractivity contribution is 7.09. The third kappa shape index (κ3) is 6.72. The van der Waals surface area contributed by atoms with Crippen molar-refractivity contribution in [2.24, 2.45) is 5.92 Å².